The molecule has 31 heavy (non-hydrogen) atoms. The molecule has 0 saturated carbocycles. The quantitative estimate of drug-likeness (QED) is 0.529. The van der Waals surface area contributed by atoms with E-state index in [0.717, 1.165) is 43.0 Å². The Balaban J connectivity index is 1.28. The van der Waals surface area contributed by atoms with E-state index >= 15 is 0 Å². The Labute approximate surface area is 196 Å². The zero-order valence-electron chi connectivity index (χ0n) is 16.8. The van der Waals surface area contributed by atoms with E-state index in [-0.39, 0.29) is 5.82 Å². The second-order valence-corrected chi connectivity index (χ2v) is 8.68. The van der Waals surface area contributed by atoms with Gasteiger partial charge < -0.3 is 10.2 Å². The largest absolute Gasteiger partial charge is 0.346 e. The van der Waals surface area contributed by atoms with E-state index in [1.165, 1.54) is 6.07 Å². The van der Waals surface area contributed by atoms with Crippen LogP contribution in [-0.2, 0) is 13.1 Å². The topological polar surface area (TPSA) is 36.3 Å². The molecule has 0 radical (unpaired) electrons. The number of hydrogen-bond donors (Lipinski definition) is 1. The van der Waals surface area contributed by atoms with Gasteiger partial charge >= 0.3 is 0 Å². The molecule has 1 aliphatic heterocycles. The van der Waals surface area contributed by atoms with Crippen LogP contribution in [0.2, 0.25) is 10.0 Å². The Morgan fingerprint density at radius 1 is 1.03 bits per heavy atom. The standard InChI is InChI=1S/C22H22Cl2FN5S/c23-18-6-5-16(20(24)11-18)14-30-15-19(12-26-30)27-22(31)29-9-7-28(8-10-29)13-17-3-1-2-4-21(17)25/h1-6,11-12,15H,7-10,13-14H2,(H,27,31). The molecule has 2 aromatic carbocycles. The Morgan fingerprint density at radius 2 is 1.81 bits per heavy atom. The normalized spacial score (nSPS) is 14.6. The molecule has 0 unspecified atom stereocenters. The van der Waals surface area contributed by atoms with Gasteiger partial charge in [-0.2, -0.15) is 5.10 Å². The van der Waals surface area contributed by atoms with Crippen LogP contribution in [0.1, 0.15) is 11.1 Å². The van der Waals surface area contributed by atoms with Crippen molar-refractivity contribution in [2.45, 2.75) is 13.1 Å². The third kappa shape index (κ3) is 5.74. The fourth-order valence-corrected chi connectivity index (χ4v) is 4.29. The molecule has 5 nitrogen and oxygen atoms in total. The van der Waals surface area contributed by atoms with Gasteiger partial charge in [0.1, 0.15) is 5.82 Å². The first-order valence-corrected chi connectivity index (χ1v) is 11.1. The molecule has 0 amide bonds. The van der Waals surface area contributed by atoms with Gasteiger partial charge in [0.2, 0.25) is 0 Å². The van der Waals surface area contributed by atoms with Gasteiger partial charge in [-0.15, -0.1) is 0 Å². The predicted molar refractivity (Wildman–Crippen MR) is 127 cm³/mol. The minimum absolute atomic E-state index is 0.154. The highest BCUT2D eigenvalue weighted by Gasteiger charge is 2.20. The van der Waals surface area contributed by atoms with E-state index in [0.29, 0.717) is 28.2 Å². The second-order valence-electron chi connectivity index (χ2n) is 7.45. The van der Waals surface area contributed by atoms with Crippen LogP contribution in [0, 0.1) is 5.82 Å². The molecule has 0 aliphatic carbocycles. The number of anilines is 1. The average molecular weight is 478 g/mol. The van der Waals surface area contributed by atoms with Crippen molar-refractivity contribution in [3.8, 4) is 0 Å². The zero-order valence-corrected chi connectivity index (χ0v) is 19.1. The maximum Gasteiger partial charge on any atom is 0.173 e. The van der Waals surface area contributed by atoms with Crippen molar-refractivity contribution in [1.29, 1.82) is 0 Å². The van der Waals surface area contributed by atoms with Gasteiger partial charge in [0.25, 0.3) is 0 Å². The first-order valence-electron chi connectivity index (χ1n) is 9.96. The number of piperazine rings is 1. The van der Waals surface area contributed by atoms with Crippen LogP contribution in [-0.4, -0.2) is 50.9 Å². The molecular formula is C22H22Cl2FN5S. The number of halogens is 3. The van der Waals surface area contributed by atoms with Crippen LogP contribution < -0.4 is 5.32 Å². The van der Waals surface area contributed by atoms with E-state index in [9.17, 15) is 4.39 Å². The van der Waals surface area contributed by atoms with E-state index in [2.05, 4.69) is 20.2 Å². The summed E-state index contributed by atoms with van der Waals surface area (Å²) >= 11 is 17.8. The molecule has 0 atom stereocenters. The highest BCUT2D eigenvalue weighted by atomic mass is 35.5. The monoisotopic (exact) mass is 477 g/mol. The third-order valence-electron chi connectivity index (χ3n) is 5.24. The molecule has 3 aromatic rings. The summed E-state index contributed by atoms with van der Waals surface area (Å²) in [7, 11) is 0. The van der Waals surface area contributed by atoms with Crippen molar-refractivity contribution in [1.82, 2.24) is 19.6 Å². The highest BCUT2D eigenvalue weighted by Crippen LogP contribution is 2.22. The zero-order chi connectivity index (χ0) is 21.8. The van der Waals surface area contributed by atoms with Gasteiger partial charge in [0.15, 0.2) is 5.11 Å². The van der Waals surface area contributed by atoms with Crippen molar-refractivity contribution in [2.75, 3.05) is 31.5 Å². The van der Waals surface area contributed by atoms with Crippen LogP contribution in [0.4, 0.5) is 10.1 Å². The number of nitrogens with one attached hydrogen (secondary N) is 1. The van der Waals surface area contributed by atoms with E-state index in [1.54, 1.807) is 23.0 Å². The molecule has 2 heterocycles. The Kier molecular flexibility index (Phi) is 7.07. The molecule has 1 aromatic heterocycles. The maximum atomic E-state index is 13.9. The van der Waals surface area contributed by atoms with Crippen LogP contribution in [0.5, 0.6) is 0 Å². The van der Waals surface area contributed by atoms with Crippen LogP contribution in [0.25, 0.3) is 0 Å². The minimum Gasteiger partial charge on any atom is -0.346 e. The number of nitrogens with zero attached hydrogens (tertiary/aromatic N) is 4. The summed E-state index contributed by atoms with van der Waals surface area (Å²) in [6.07, 6.45) is 3.64. The van der Waals surface area contributed by atoms with Crippen LogP contribution in [0.3, 0.4) is 0 Å². The van der Waals surface area contributed by atoms with Gasteiger partial charge in [-0.1, -0.05) is 47.5 Å². The lowest BCUT2D eigenvalue weighted by molar-refractivity contribution is 0.175. The molecule has 0 spiro atoms. The molecule has 1 saturated heterocycles. The van der Waals surface area contributed by atoms with Crippen molar-refractivity contribution in [2.24, 2.45) is 0 Å². The molecule has 4 rings (SSSR count). The third-order valence-corrected chi connectivity index (χ3v) is 6.19. The molecule has 1 fully saturated rings. The number of hydrogen-bond acceptors (Lipinski definition) is 3. The lowest BCUT2D eigenvalue weighted by Gasteiger charge is -2.36. The van der Waals surface area contributed by atoms with Gasteiger partial charge in [0.05, 0.1) is 18.4 Å². The van der Waals surface area contributed by atoms with E-state index in [1.807, 2.05) is 30.5 Å². The van der Waals surface area contributed by atoms with Crippen molar-refractivity contribution in [3.63, 3.8) is 0 Å². The summed E-state index contributed by atoms with van der Waals surface area (Å²) in [4.78, 5) is 4.37. The maximum absolute atomic E-state index is 13.9. The van der Waals surface area contributed by atoms with Crippen LogP contribution >= 0.6 is 35.4 Å². The fraction of sp³-hybridized carbons (Fsp3) is 0.273. The lowest BCUT2D eigenvalue weighted by Crippen LogP contribution is -2.49. The summed E-state index contributed by atoms with van der Waals surface area (Å²) in [6.45, 7) is 4.37. The number of aromatic nitrogens is 2. The second kappa shape index (κ2) is 9.96. The number of thiocarbonyl (C=S) groups is 1. The molecule has 9 heteroatoms. The smallest absolute Gasteiger partial charge is 0.173 e. The van der Waals surface area contributed by atoms with Gasteiger partial charge in [-0.25, -0.2) is 4.39 Å². The Morgan fingerprint density at radius 3 is 2.55 bits per heavy atom. The fourth-order valence-electron chi connectivity index (χ4n) is 3.52. The Hall–Kier alpha value is -2.19. The van der Waals surface area contributed by atoms with E-state index in [4.69, 9.17) is 35.4 Å². The van der Waals surface area contributed by atoms with Crippen molar-refractivity contribution < 1.29 is 4.39 Å². The summed E-state index contributed by atoms with van der Waals surface area (Å²) < 4.78 is 15.7. The molecular weight excluding hydrogens is 456 g/mol. The number of benzene rings is 2. The molecule has 1 N–H and O–H groups in total. The first-order chi connectivity index (χ1) is 15.0. The van der Waals surface area contributed by atoms with Gasteiger partial charge in [-0.05, 0) is 36.0 Å². The van der Waals surface area contributed by atoms with Crippen molar-refractivity contribution >= 4 is 46.2 Å². The summed E-state index contributed by atoms with van der Waals surface area (Å²) in [5.41, 5.74) is 2.49. The summed E-state index contributed by atoms with van der Waals surface area (Å²) in [5, 5.41) is 9.52. The minimum atomic E-state index is -0.154. The molecule has 0 bridgehead atoms. The van der Waals surface area contributed by atoms with Crippen LogP contribution in [0.15, 0.2) is 54.9 Å². The average Bonchev–Trinajstić information content (AvgIpc) is 3.19. The Bertz CT molecular complexity index is 1070. The van der Waals surface area contributed by atoms with Crippen molar-refractivity contribution in [3.05, 3.63) is 81.8 Å². The van der Waals surface area contributed by atoms with Gasteiger partial charge in [0, 0.05) is 54.5 Å². The SMILES string of the molecule is Fc1ccccc1CN1CCN(C(=S)Nc2cnn(Cc3ccc(Cl)cc3Cl)c2)CC1. The highest BCUT2D eigenvalue weighted by molar-refractivity contribution is 7.80. The summed E-state index contributed by atoms with van der Waals surface area (Å²) in [6, 6.07) is 12.4. The molecule has 1 aliphatic rings. The first kappa shape index (κ1) is 22.0. The lowest BCUT2D eigenvalue weighted by atomic mass is 10.2. The molecule has 162 valence electrons. The summed E-state index contributed by atoms with van der Waals surface area (Å²) in [5.74, 6) is -0.154. The van der Waals surface area contributed by atoms with Gasteiger partial charge in [-0.3, -0.25) is 9.58 Å². The van der Waals surface area contributed by atoms with E-state index < -0.39 is 0 Å². The predicted octanol–water partition coefficient (Wildman–Crippen LogP) is 4.89. The number of rotatable bonds is 5.